The number of rotatable bonds is 7. The van der Waals surface area contributed by atoms with Crippen LogP contribution in [0.2, 0.25) is 0 Å². The third-order valence-corrected chi connectivity index (χ3v) is 3.69. The van der Waals surface area contributed by atoms with Gasteiger partial charge in [0.05, 0.1) is 0 Å². The minimum absolute atomic E-state index is 0.0491. The van der Waals surface area contributed by atoms with Crippen LogP contribution in [-0.4, -0.2) is 13.1 Å². The summed E-state index contributed by atoms with van der Waals surface area (Å²) < 4.78 is 13.7. The molecule has 100 valence electrons. The highest BCUT2D eigenvalue weighted by Gasteiger charge is 2.31. The van der Waals surface area contributed by atoms with Crippen molar-refractivity contribution in [3.05, 3.63) is 35.6 Å². The quantitative estimate of drug-likeness (QED) is 0.778. The van der Waals surface area contributed by atoms with Crippen LogP contribution in [0.15, 0.2) is 24.3 Å². The van der Waals surface area contributed by atoms with Gasteiger partial charge >= 0.3 is 0 Å². The van der Waals surface area contributed by atoms with Gasteiger partial charge in [-0.3, -0.25) is 0 Å². The van der Waals surface area contributed by atoms with Gasteiger partial charge in [0.15, 0.2) is 0 Å². The van der Waals surface area contributed by atoms with E-state index in [0.717, 1.165) is 31.0 Å². The summed E-state index contributed by atoms with van der Waals surface area (Å²) in [5, 5.41) is 3.52. The predicted molar refractivity (Wildman–Crippen MR) is 74.0 cm³/mol. The third kappa shape index (κ3) is 4.09. The van der Waals surface area contributed by atoms with E-state index in [1.54, 1.807) is 12.1 Å². The highest BCUT2D eigenvalue weighted by molar-refractivity contribution is 5.18. The molecule has 0 spiro atoms. The lowest BCUT2D eigenvalue weighted by Gasteiger charge is -2.18. The van der Waals surface area contributed by atoms with Crippen LogP contribution in [-0.2, 0) is 6.42 Å². The number of hydrogen-bond donors (Lipinski definition) is 1. The van der Waals surface area contributed by atoms with Crippen LogP contribution in [0.25, 0.3) is 0 Å². The average molecular weight is 249 g/mol. The van der Waals surface area contributed by atoms with E-state index in [1.165, 1.54) is 12.8 Å². The van der Waals surface area contributed by atoms with Gasteiger partial charge in [-0.25, -0.2) is 4.39 Å². The summed E-state index contributed by atoms with van der Waals surface area (Å²) in [4.78, 5) is 0. The summed E-state index contributed by atoms with van der Waals surface area (Å²) in [6.07, 6.45) is 3.52. The molecule has 18 heavy (non-hydrogen) atoms. The molecule has 2 rings (SSSR count). The molecule has 1 aliphatic carbocycles. The first kappa shape index (κ1) is 13.5. The Morgan fingerprint density at radius 3 is 2.56 bits per heavy atom. The van der Waals surface area contributed by atoms with Crippen LogP contribution >= 0.6 is 0 Å². The molecule has 1 aromatic rings. The molecule has 1 fully saturated rings. The summed E-state index contributed by atoms with van der Waals surface area (Å²) in [5.74, 6) is 2.04. The number of benzene rings is 1. The molecular formula is C16H24FN. The predicted octanol–water partition coefficient (Wildman–Crippen LogP) is 3.64. The lowest BCUT2D eigenvalue weighted by atomic mass is 9.94. The Morgan fingerprint density at radius 1 is 1.22 bits per heavy atom. The van der Waals surface area contributed by atoms with Gasteiger partial charge in [0.25, 0.3) is 0 Å². The standard InChI is InChI=1S/C16H24FN/c1-12(2)10-18-11-15(13-7-8-13)9-14-5-3-4-6-16(14)17/h3-6,12-13,15,18H,7-11H2,1-2H3. The maximum absolute atomic E-state index is 13.7. The summed E-state index contributed by atoms with van der Waals surface area (Å²) in [6, 6.07) is 7.19. The molecule has 1 aliphatic rings. The van der Waals surface area contributed by atoms with Crippen molar-refractivity contribution in [2.45, 2.75) is 33.1 Å². The Kier molecular flexibility index (Phi) is 4.76. The fraction of sp³-hybridized carbons (Fsp3) is 0.625. The molecule has 2 heteroatoms. The molecule has 1 nitrogen and oxygen atoms in total. The molecule has 0 aromatic heterocycles. The van der Waals surface area contributed by atoms with E-state index in [0.29, 0.717) is 11.8 Å². The fourth-order valence-electron chi connectivity index (χ4n) is 2.48. The Labute approximate surface area is 110 Å². The van der Waals surface area contributed by atoms with E-state index in [-0.39, 0.29) is 5.82 Å². The first-order valence-corrected chi connectivity index (χ1v) is 7.11. The van der Waals surface area contributed by atoms with E-state index < -0.39 is 0 Å². The monoisotopic (exact) mass is 249 g/mol. The Morgan fingerprint density at radius 2 is 1.94 bits per heavy atom. The Balaban J connectivity index is 1.88. The van der Waals surface area contributed by atoms with E-state index in [9.17, 15) is 4.39 Å². The van der Waals surface area contributed by atoms with Gasteiger partial charge in [-0.1, -0.05) is 32.0 Å². The largest absolute Gasteiger partial charge is 0.316 e. The molecule has 0 bridgehead atoms. The summed E-state index contributed by atoms with van der Waals surface area (Å²) in [5.41, 5.74) is 0.876. The van der Waals surface area contributed by atoms with E-state index in [2.05, 4.69) is 19.2 Å². The van der Waals surface area contributed by atoms with Crippen molar-refractivity contribution in [1.29, 1.82) is 0 Å². The third-order valence-electron chi connectivity index (χ3n) is 3.69. The zero-order valence-electron chi connectivity index (χ0n) is 11.5. The molecule has 0 amide bonds. The van der Waals surface area contributed by atoms with Crippen LogP contribution in [0.3, 0.4) is 0 Å². The van der Waals surface area contributed by atoms with Gasteiger partial charge in [0.1, 0.15) is 5.82 Å². The van der Waals surface area contributed by atoms with Gasteiger partial charge in [0, 0.05) is 0 Å². The van der Waals surface area contributed by atoms with Gasteiger partial charge in [-0.2, -0.15) is 0 Å². The van der Waals surface area contributed by atoms with Crippen molar-refractivity contribution in [2.75, 3.05) is 13.1 Å². The number of hydrogen-bond acceptors (Lipinski definition) is 1. The first-order chi connectivity index (χ1) is 8.66. The molecular weight excluding hydrogens is 225 g/mol. The normalized spacial score (nSPS) is 17.1. The smallest absolute Gasteiger partial charge is 0.126 e. The van der Waals surface area contributed by atoms with Crippen LogP contribution in [0.4, 0.5) is 4.39 Å². The molecule has 1 unspecified atom stereocenters. The molecule has 0 aliphatic heterocycles. The molecule has 0 radical (unpaired) electrons. The molecule has 0 heterocycles. The lowest BCUT2D eigenvalue weighted by Crippen LogP contribution is -2.28. The van der Waals surface area contributed by atoms with Gasteiger partial charge in [0.2, 0.25) is 0 Å². The molecule has 1 saturated carbocycles. The summed E-state index contributed by atoms with van der Waals surface area (Å²) >= 11 is 0. The molecule has 1 N–H and O–H groups in total. The highest BCUT2D eigenvalue weighted by Crippen LogP contribution is 2.38. The van der Waals surface area contributed by atoms with Crippen molar-refractivity contribution >= 4 is 0 Å². The van der Waals surface area contributed by atoms with Crippen molar-refractivity contribution in [3.8, 4) is 0 Å². The second-order valence-corrected chi connectivity index (χ2v) is 5.95. The van der Waals surface area contributed by atoms with Crippen molar-refractivity contribution in [3.63, 3.8) is 0 Å². The topological polar surface area (TPSA) is 12.0 Å². The van der Waals surface area contributed by atoms with Crippen molar-refractivity contribution in [2.24, 2.45) is 17.8 Å². The van der Waals surface area contributed by atoms with E-state index in [4.69, 9.17) is 0 Å². The molecule has 1 atom stereocenters. The van der Waals surface area contributed by atoms with Gasteiger partial charge in [-0.05, 0) is 61.7 Å². The lowest BCUT2D eigenvalue weighted by molar-refractivity contribution is 0.402. The first-order valence-electron chi connectivity index (χ1n) is 7.11. The second-order valence-electron chi connectivity index (χ2n) is 5.95. The minimum atomic E-state index is -0.0491. The summed E-state index contributed by atoms with van der Waals surface area (Å²) in [6.45, 7) is 6.52. The van der Waals surface area contributed by atoms with Crippen LogP contribution in [0.5, 0.6) is 0 Å². The van der Waals surface area contributed by atoms with Crippen molar-refractivity contribution < 1.29 is 4.39 Å². The SMILES string of the molecule is CC(C)CNCC(Cc1ccccc1F)C1CC1. The zero-order valence-corrected chi connectivity index (χ0v) is 11.5. The maximum Gasteiger partial charge on any atom is 0.126 e. The Hall–Kier alpha value is -0.890. The second kappa shape index (κ2) is 6.33. The van der Waals surface area contributed by atoms with Crippen molar-refractivity contribution in [1.82, 2.24) is 5.32 Å². The zero-order chi connectivity index (χ0) is 13.0. The maximum atomic E-state index is 13.7. The van der Waals surface area contributed by atoms with E-state index >= 15 is 0 Å². The molecule has 0 saturated heterocycles. The molecule has 1 aromatic carbocycles. The number of halogens is 1. The van der Waals surface area contributed by atoms with Crippen LogP contribution < -0.4 is 5.32 Å². The van der Waals surface area contributed by atoms with Gasteiger partial charge < -0.3 is 5.32 Å². The fourth-order valence-corrected chi connectivity index (χ4v) is 2.48. The minimum Gasteiger partial charge on any atom is -0.316 e. The Bertz CT molecular complexity index is 371. The van der Waals surface area contributed by atoms with Crippen LogP contribution in [0, 0.1) is 23.6 Å². The summed E-state index contributed by atoms with van der Waals surface area (Å²) in [7, 11) is 0. The van der Waals surface area contributed by atoms with Crippen LogP contribution in [0.1, 0.15) is 32.3 Å². The van der Waals surface area contributed by atoms with E-state index in [1.807, 2.05) is 12.1 Å². The number of nitrogens with one attached hydrogen (secondary N) is 1. The van der Waals surface area contributed by atoms with Gasteiger partial charge in [-0.15, -0.1) is 0 Å². The average Bonchev–Trinajstić information content (AvgIpc) is 3.14. The highest BCUT2D eigenvalue weighted by atomic mass is 19.1.